The fourth-order valence-corrected chi connectivity index (χ4v) is 6.42. The third kappa shape index (κ3) is 7.09. The molecule has 1 fully saturated rings. The molecule has 2 aromatic carbocycles. The second-order valence-corrected chi connectivity index (χ2v) is 11.7. The lowest BCUT2D eigenvalue weighted by atomic mass is 9.81. The summed E-state index contributed by atoms with van der Waals surface area (Å²) in [5.41, 5.74) is 4.05. The molecule has 0 bridgehead atoms. The first kappa shape index (κ1) is 30.3. The maximum Gasteiger partial charge on any atom is 0.416 e. The topological polar surface area (TPSA) is 111 Å². The third-order valence-electron chi connectivity index (χ3n) is 8.65. The van der Waals surface area contributed by atoms with Crippen LogP contribution in [0.4, 0.5) is 24.8 Å². The zero-order valence-electron chi connectivity index (χ0n) is 24.4. The number of fused-ring (bicyclic) bond motifs is 1. The van der Waals surface area contributed by atoms with E-state index in [2.05, 4.69) is 39.4 Å². The number of carboxylic acid groups (broad SMARTS) is 1. The number of aryl methyl sites for hydroxylation is 3. The summed E-state index contributed by atoms with van der Waals surface area (Å²) in [6.07, 6.45) is 1.54. The van der Waals surface area contributed by atoms with Gasteiger partial charge in [0.15, 0.2) is 0 Å². The number of alkyl halides is 3. The highest BCUT2D eigenvalue weighted by Gasteiger charge is 2.32. The molecule has 0 aliphatic heterocycles. The smallest absolute Gasteiger partial charge is 0.416 e. The van der Waals surface area contributed by atoms with Gasteiger partial charge < -0.3 is 14.9 Å². The van der Waals surface area contributed by atoms with E-state index < -0.39 is 17.7 Å². The Bertz CT molecular complexity index is 1510. The van der Waals surface area contributed by atoms with Crippen molar-refractivity contribution in [2.45, 2.75) is 71.1 Å². The van der Waals surface area contributed by atoms with Gasteiger partial charge in [-0.3, -0.25) is 4.79 Å². The van der Waals surface area contributed by atoms with Crippen molar-refractivity contribution < 1.29 is 23.1 Å². The largest absolute Gasteiger partial charge is 0.481 e. The van der Waals surface area contributed by atoms with Crippen molar-refractivity contribution in [2.75, 3.05) is 22.9 Å². The van der Waals surface area contributed by atoms with Gasteiger partial charge in [-0.05, 0) is 110 Å². The van der Waals surface area contributed by atoms with Gasteiger partial charge in [-0.15, -0.1) is 5.10 Å². The predicted molar refractivity (Wildman–Crippen MR) is 154 cm³/mol. The number of nitriles is 1. The zero-order chi connectivity index (χ0) is 30.7. The second kappa shape index (κ2) is 12.6. The van der Waals surface area contributed by atoms with E-state index >= 15 is 0 Å². The van der Waals surface area contributed by atoms with E-state index in [9.17, 15) is 28.3 Å². The lowest BCUT2D eigenvalue weighted by molar-refractivity contribution is -0.143. The van der Waals surface area contributed by atoms with Gasteiger partial charge >= 0.3 is 12.1 Å². The van der Waals surface area contributed by atoms with E-state index in [0.29, 0.717) is 30.9 Å². The Morgan fingerprint density at radius 3 is 2.40 bits per heavy atom. The Hall–Kier alpha value is -4.14. The van der Waals surface area contributed by atoms with Crippen molar-refractivity contribution in [1.82, 2.24) is 20.2 Å². The number of hydrogen-bond donors (Lipinski definition) is 1. The number of aliphatic carboxylic acids is 1. The van der Waals surface area contributed by atoms with Gasteiger partial charge in [0.05, 0.1) is 30.2 Å². The molecule has 1 saturated carbocycles. The minimum absolute atomic E-state index is 0.0478. The number of tetrazole rings is 1. The van der Waals surface area contributed by atoms with Gasteiger partial charge in [-0.25, -0.2) is 0 Å². The van der Waals surface area contributed by atoms with E-state index in [1.54, 1.807) is 11.9 Å². The highest BCUT2D eigenvalue weighted by molar-refractivity contribution is 5.70. The molecule has 1 N–H and O–H groups in total. The quantitative estimate of drug-likeness (QED) is 0.327. The van der Waals surface area contributed by atoms with Gasteiger partial charge in [0.2, 0.25) is 0 Å². The Morgan fingerprint density at radius 2 is 1.79 bits per heavy atom. The Balaban J connectivity index is 1.48. The van der Waals surface area contributed by atoms with Crippen LogP contribution < -0.4 is 9.80 Å². The van der Waals surface area contributed by atoms with Crippen LogP contribution in [-0.4, -0.2) is 44.4 Å². The second-order valence-electron chi connectivity index (χ2n) is 11.7. The molecule has 3 aromatic rings. The summed E-state index contributed by atoms with van der Waals surface area (Å²) < 4.78 is 41.0. The minimum Gasteiger partial charge on any atom is -0.481 e. The highest BCUT2D eigenvalue weighted by Crippen LogP contribution is 2.36. The van der Waals surface area contributed by atoms with Crippen LogP contribution in [0.25, 0.3) is 0 Å². The predicted octanol–water partition coefficient (Wildman–Crippen LogP) is 5.51. The summed E-state index contributed by atoms with van der Waals surface area (Å²) in [6.45, 7) is 4.04. The van der Waals surface area contributed by atoms with Crippen LogP contribution in [0.3, 0.4) is 0 Å². The maximum absolute atomic E-state index is 13.7. The number of carbonyl (C=O) groups is 1. The average molecular weight is 596 g/mol. The molecule has 43 heavy (non-hydrogen) atoms. The Kier molecular flexibility index (Phi) is 8.89. The lowest BCUT2D eigenvalue weighted by Crippen LogP contribution is -2.34. The molecule has 0 unspecified atom stereocenters. The standard InChI is InChI=1S/C31H36F3N7O2/c1-3-40(17-20-7-9-23(10-8-20)29(42)43)28-15-25-6-4-5-24(25)14-26(28)19-41(30-36-38-39(2)37-30)18-22-11-21(16-35)12-27(13-22)31(32,33)34/h11-15,20,23H,3-10,17-19H2,1-2H3,(H,42,43). The number of hydrogen-bond acceptors (Lipinski definition) is 7. The minimum atomic E-state index is -4.59. The zero-order valence-corrected chi connectivity index (χ0v) is 24.4. The fourth-order valence-electron chi connectivity index (χ4n) is 6.42. The molecule has 0 radical (unpaired) electrons. The number of aromatic nitrogens is 4. The van der Waals surface area contributed by atoms with Gasteiger partial charge in [0.25, 0.3) is 5.95 Å². The molecule has 1 aromatic heterocycles. The monoisotopic (exact) mass is 595 g/mol. The van der Waals surface area contributed by atoms with Crippen molar-refractivity contribution in [3.05, 3.63) is 63.7 Å². The molecule has 5 rings (SSSR count). The summed E-state index contributed by atoms with van der Waals surface area (Å²) in [6, 6.07) is 9.70. The van der Waals surface area contributed by atoms with E-state index in [0.717, 1.165) is 68.6 Å². The molecule has 0 amide bonds. The van der Waals surface area contributed by atoms with Crippen molar-refractivity contribution in [1.29, 1.82) is 5.26 Å². The number of carboxylic acids is 1. The van der Waals surface area contributed by atoms with Crippen LogP contribution in [-0.2, 0) is 43.9 Å². The Morgan fingerprint density at radius 1 is 1.07 bits per heavy atom. The first-order valence-electron chi connectivity index (χ1n) is 14.8. The van der Waals surface area contributed by atoms with Gasteiger partial charge in [0, 0.05) is 31.9 Å². The molecule has 228 valence electrons. The summed E-state index contributed by atoms with van der Waals surface area (Å²) in [7, 11) is 1.63. The molecule has 12 heteroatoms. The molecule has 0 atom stereocenters. The molecule has 2 aliphatic rings. The molecule has 2 aliphatic carbocycles. The van der Waals surface area contributed by atoms with Crippen LogP contribution >= 0.6 is 0 Å². The fraction of sp³-hybridized carbons (Fsp3) is 0.516. The van der Waals surface area contributed by atoms with Crippen LogP contribution in [0, 0.1) is 23.2 Å². The van der Waals surface area contributed by atoms with Crippen LogP contribution in [0.2, 0.25) is 0 Å². The highest BCUT2D eigenvalue weighted by atomic mass is 19.4. The number of rotatable bonds is 10. The Labute approximate surface area is 248 Å². The molecule has 1 heterocycles. The molecular weight excluding hydrogens is 559 g/mol. The van der Waals surface area contributed by atoms with Crippen molar-refractivity contribution in [3.8, 4) is 6.07 Å². The van der Waals surface area contributed by atoms with E-state index in [1.807, 2.05) is 6.07 Å². The molecule has 9 nitrogen and oxygen atoms in total. The summed E-state index contributed by atoms with van der Waals surface area (Å²) in [5.74, 6) is -0.330. The first-order valence-corrected chi connectivity index (χ1v) is 14.8. The van der Waals surface area contributed by atoms with Gasteiger partial charge in [-0.2, -0.15) is 23.2 Å². The summed E-state index contributed by atoms with van der Waals surface area (Å²) >= 11 is 0. The van der Waals surface area contributed by atoms with Gasteiger partial charge in [-0.1, -0.05) is 11.2 Å². The van der Waals surface area contributed by atoms with Crippen LogP contribution in [0.1, 0.15) is 72.4 Å². The normalized spacial score (nSPS) is 18.2. The van der Waals surface area contributed by atoms with E-state index in [1.165, 1.54) is 22.0 Å². The first-order chi connectivity index (χ1) is 20.5. The van der Waals surface area contributed by atoms with Crippen LogP contribution in [0.15, 0.2) is 30.3 Å². The lowest BCUT2D eigenvalue weighted by Gasteiger charge is -2.34. The average Bonchev–Trinajstić information content (AvgIpc) is 3.63. The SMILES string of the molecule is CCN(CC1CCC(C(=O)O)CC1)c1cc2c(cc1CN(Cc1cc(C#N)cc(C(F)(F)F)c1)c1nnn(C)n1)CCC2. The van der Waals surface area contributed by atoms with E-state index in [-0.39, 0.29) is 24.0 Å². The molecule has 0 saturated heterocycles. The third-order valence-corrected chi connectivity index (χ3v) is 8.65. The summed E-state index contributed by atoms with van der Waals surface area (Å²) in [4.78, 5) is 16.9. The number of nitrogens with zero attached hydrogens (tertiary/aromatic N) is 7. The summed E-state index contributed by atoms with van der Waals surface area (Å²) in [5, 5.41) is 31.4. The van der Waals surface area contributed by atoms with E-state index in [4.69, 9.17) is 0 Å². The molecule has 0 spiro atoms. The van der Waals surface area contributed by atoms with Gasteiger partial charge in [0.1, 0.15) is 0 Å². The van der Waals surface area contributed by atoms with Crippen molar-refractivity contribution in [3.63, 3.8) is 0 Å². The molecular formula is C31H36F3N7O2. The number of anilines is 2. The van der Waals surface area contributed by atoms with Crippen molar-refractivity contribution >= 4 is 17.6 Å². The number of halogens is 3. The number of benzene rings is 2. The van der Waals surface area contributed by atoms with Crippen LogP contribution in [0.5, 0.6) is 0 Å². The maximum atomic E-state index is 13.7. The van der Waals surface area contributed by atoms with Crippen molar-refractivity contribution in [2.24, 2.45) is 18.9 Å².